The van der Waals surface area contributed by atoms with Gasteiger partial charge >= 0.3 is 0 Å². The van der Waals surface area contributed by atoms with Crippen LogP contribution in [0, 0.1) is 0 Å². The van der Waals surface area contributed by atoms with Crippen LogP contribution in [0.25, 0.3) is 0 Å². The SMILES string of the molecule is CC.CC(Br)C(=O)c1ccccc1. The van der Waals surface area contributed by atoms with Gasteiger partial charge in [0.25, 0.3) is 0 Å². The summed E-state index contributed by atoms with van der Waals surface area (Å²) in [5.41, 5.74) is 0.761. The van der Waals surface area contributed by atoms with Gasteiger partial charge in [-0.25, -0.2) is 0 Å². The molecule has 0 aromatic heterocycles. The number of alkyl halides is 1. The van der Waals surface area contributed by atoms with E-state index < -0.39 is 0 Å². The summed E-state index contributed by atoms with van der Waals surface area (Å²) in [6.45, 7) is 5.83. The number of benzene rings is 1. The van der Waals surface area contributed by atoms with Gasteiger partial charge in [-0.2, -0.15) is 0 Å². The van der Waals surface area contributed by atoms with Crippen LogP contribution in [0.5, 0.6) is 0 Å². The number of Topliss-reactive ketones (excluding diaryl/α,β-unsaturated/α-hetero) is 1. The minimum Gasteiger partial charge on any atom is -0.293 e. The van der Waals surface area contributed by atoms with E-state index in [-0.39, 0.29) is 10.6 Å². The van der Waals surface area contributed by atoms with Crippen molar-refractivity contribution < 1.29 is 4.79 Å². The van der Waals surface area contributed by atoms with E-state index in [0.29, 0.717) is 0 Å². The summed E-state index contributed by atoms with van der Waals surface area (Å²) in [6.07, 6.45) is 0. The maximum atomic E-state index is 11.3. The molecule has 0 aliphatic rings. The number of carbonyl (C=O) groups is 1. The largest absolute Gasteiger partial charge is 0.293 e. The van der Waals surface area contributed by atoms with Crippen LogP contribution >= 0.6 is 15.9 Å². The molecule has 1 aromatic rings. The van der Waals surface area contributed by atoms with E-state index >= 15 is 0 Å². The first-order chi connectivity index (χ1) is 6.22. The van der Waals surface area contributed by atoms with Gasteiger partial charge in [0.15, 0.2) is 5.78 Å². The quantitative estimate of drug-likeness (QED) is 0.572. The summed E-state index contributed by atoms with van der Waals surface area (Å²) < 4.78 is 0. The van der Waals surface area contributed by atoms with Crippen LogP contribution in [0.1, 0.15) is 31.1 Å². The minimum atomic E-state index is -0.0927. The number of hydrogen-bond acceptors (Lipinski definition) is 1. The van der Waals surface area contributed by atoms with E-state index in [4.69, 9.17) is 0 Å². The zero-order valence-corrected chi connectivity index (χ0v) is 9.84. The second-order valence-electron chi connectivity index (χ2n) is 2.35. The Morgan fingerprint density at radius 1 is 1.23 bits per heavy atom. The van der Waals surface area contributed by atoms with Crippen LogP contribution < -0.4 is 0 Å². The van der Waals surface area contributed by atoms with Crippen LogP contribution in [0.4, 0.5) is 0 Å². The Bertz CT molecular complexity index is 242. The highest BCUT2D eigenvalue weighted by atomic mass is 79.9. The van der Waals surface area contributed by atoms with E-state index in [2.05, 4.69) is 15.9 Å². The van der Waals surface area contributed by atoms with E-state index in [9.17, 15) is 4.79 Å². The molecule has 1 atom stereocenters. The van der Waals surface area contributed by atoms with E-state index in [0.717, 1.165) is 5.56 Å². The van der Waals surface area contributed by atoms with E-state index in [1.807, 2.05) is 51.1 Å². The summed E-state index contributed by atoms with van der Waals surface area (Å²) >= 11 is 3.23. The third-order valence-electron chi connectivity index (χ3n) is 1.42. The Labute approximate surface area is 88.3 Å². The highest BCUT2D eigenvalue weighted by molar-refractivity contribution is 9.10. The van der Waals surface area contributed by atoms with Crippen molar-refractivity contribution in [1.82, 2.24) is 0 Å². The van der Waals surface area contributed by atoms with Crippen LogP contribution in [0.3, 0.4) is 0 Å². The molecule has 1 aromatic carbocycles. The second kappa shape index (κ2) is 6.84. The van der Waals surface area contributed by atoms with Gasteiger partial charge in [-0.3, -0.25) is 4.79 Å². The predicted octanol–water partition coefficient (Wildman–Crippen LogP) is 3.68. The van der Waals surface area contributed by atoms with E-state index in [1.165, 1.54) is 0 Å². The van der Waals surface area contributed by atoms with Crippen molar-refractivity contribution in [3.8, 4) is 0 Å². The summed E-state index contributed by atoms with van der Waals surface area (Å²) in [5, 5.41) is 0. The van der Waals surface area contributed by atoms with Crippen molar-refractivity contribution in [2.24, 2.45) is 0 Å². The molecule has 2 heteroatoms. The standard InChI is InChI=1S/C9H9BrO.C2H6/c1-7(10)9(11)8-5-3-2-4-6-8;1-2/h2-7H,1H3;1-2H3. The van der Waals surface area contributed by atoms with Gasteiger partial charge in [-0.15, -0.1) is 0 Å². The Morgan fingerprint density at radius 3 is 2.08 bits per heavy atom. The van der Waals surface area contributed by atoms with Gasteiger partial charge in [0, 0.05) is 5.56 Å². The molecule has 0 bridgehead atoms. The fraction of sp³-hybridized carbons (Fsp3) is 0.364. The zero-order chi connectivity index (χ0) is 10.3. The summed E-state index contributed by atoms with van der Waals surface area (Å²) in [5.74, 6) is 0.130. The number of ketones is 1. The normalized spacial score (nSPS) is 11.1. The van der Waals surface area contributed by atoms with Crippen LogP contribution in [0.15, 0.2) is 30.3 Å². The molecule has 72 valence electrons. The van der Waals surface area contributed by atoms with Crippen molar-refractivity contribution in [3.05, 3.63) is 35.9 Å². The van der Waals surface area contributed by atoms with Crippen LogP contribution in [0.2, 0.25) is 0 Å². The van der Waals surface area contributed by atoms with Crippen molar-refractivity contribution in [3.63, 3.8) is 0 Å². The zero-order valence-electron chi connectivity index (χ0n) is 8.25. The van der Waals surface area contributed by atoms with Crippen LogP contribution in [-0.2, 0) is 0 Å². The van der Waals surface area contributed by atoms with Gasteiger partial charge < -0.3 is 0 Å². The molecule has 0 aliphatic heterocycles. The molecular weight excluding hydrogens is 228 g/mol. The van der Waals surface area contributed by atoms with Crippen LogP contribution in [-0.4, -0.2) is 10.6 Å². The molecule has 1 rings (SSSR count). The molecule has 1 nitrogen and oxygen atoms in total. The molecule has 0 saturated heterocycles. The lowest BCUT2D eigenvalue weighted by molar-refractivity contribution is 0.0996. The molecule has 0 spiro atoms. The monoisotopic (exact) mass is 242 g/mol. The number of rotatable bonds is 2. The van der Waals surface area contributed by atoms with Gasteiger partial charge in [0.05, 0.1) is 4.83 Å². The first-order valence-corrected chi connectivity index (χ1v) is 5.36. The molecule has 0 N–H and O–H groups in total. The molecule has 0 fully saturated rings. The Kier molecular flexibility index (Phi) is 6.51. The maximum absolute atomic E-state index is 11.3. The highest BCUT2D eigenvalue weighted by Crippen LogP contribution is 2.08. The predicted molar refractivity (Wildman–Crippen MR) is 60.5 cm³/mol. The number of hydrogen-bond donors (Lipinski definition) is 0. The van der Waals surface area contributed by atoms with E-state index in [1.54, 1.807) is 0 Å². The van der Waals surface area contributed by atoms with Gasteiger partial charge in [0.2, 0.25) is 0 Å². The molecule has 13 heavy (non-hydrogen) atoms. The van der Waals surface area contributed by atoms with Gasteiger partial charge in [0.1, 0.15) is 0 Å². The van der Waals surface area contributed by atoms with Crippen molar-refractivity contribution in [2.45, 2.75) is 25.6 Å². The van der Waals surface area contributed by atoms with Crippen molar-refractivity contribution in [2.75, 3.05) is 0 Å². The van der Waals surface area contributed by atoms with Crippen molar-refractivity contribution >= 4 is 21.7 Å². The lowest BCUT2D eigenvalue weighted by Crippen LogP contribution is -2.09. The average Bonchev–Trinajstić information content (AvgIpc) is 2.21. The Hall–Kier alpha value is -0.630. The molecule has 0 radical (unpaired) electrons. The molecule has 0 saturated carbocycles. The Balaban J connectivity index is 0.000000671. The van der Waals surface area contributed by atoms with Gasteiger partial charge in [-0.1, -0.05) is 60.1 Å². The summed E-state index contributed by atoms with van der Waals surface area (Å²) in [4.78, 5) is 11.2. The minimum absolute atomic E-state index is 0.0927. The third kappa shape index (κ3) is 4.23. The first kappa shape index (κ1) is 12.4. The fourth-order valence-electron chi connectivity index (χ4n) is 0.832. The lowest BCUT2D eigenvalue weighted by Gasteiger charge is -2.00. The molecule has 0 amide bonds. The summed E-state index contributed by atoms with van der Waals surface area (Å²) in [6, 6.07) is 9.26. The third-order valence-corrected chi connectivity index (χ3v) is 1.84. The Morgan fingerprint density at radius 2 is 1.69 bits per heavy atom. The summed E-state index contributed by atoms with van der Waals surface area (Å²) in [7, 11) is 0. The second-order valence-corrected chi connectivity index (χ2v) is 3.72. The number of carbonyl (C=O) groups excluding carboxylic acids is 1. The molecule has 1 unspecified atom stereocenters. The van der Waals surface area contributed by atoms with Gasteiger partial charge in [-0.05, 0) is 6.92 Å². The number of halogens is 1. The van der Waals surface area contributed by atoms with Crippen molar-refractivity contribution in [1.29, 1.82) is 0 Å². The highest BCUT2D eigenvalue weighted by Gasteiger charge is 2.09. The molecular formula is C11H15BrO. The molecule has 0 heterocycles. The molecule has 0 aliphatic carbocycles. The fourth-order valence-corrected chi connectivity index (χ4v) is 1.10. The topological polar surface area (TPSA) is 17.1 Å². The smallest absolute Gasteiger partial charge is 0.176 e. The average molecular weight is 243 g/mol. The lowest BCUT2D eigenvalue weighted by atomic mass is 10.1. The maximum Gasteiger partial charge on any atom is 0.176 e. The first-order valence-electron chi connectivity index (χ1n) is 4.45.